The molecule has 78 valence electrons. The molecule has 2 heteroatoms. The van der Waals surface area contributed by atoms with Crippen LogP contribution in [0.2, 0.25) is 0 Å². The monoisotopic (exact) mass is 256 g/mol. The zero-order chi connectivity index (χ0) is 10.4. The molecule has 1 rings (SSSR count). The van der Waals surface area contributed by atoms with Crippen molar-refractivity contribution in [2.24, 2.45) is 0 Å². The lowest BCUT2D eigenvalue weighted by atomic mass is 10.0. The van der Waals surface area contributed by atoms with Gasteiger partial charge >= 0.3 is 0 Å². The van der Waals surface area contributed by atoms with Crippen LogP contribution in [0.1, 0.15) is 17.5 Å². The van der Waals surface area contributed by atoms with Gasteiger partial charge in [0.05, 0.1) is 6.61 Å². The van der Waals surface area contributed by atoms with Gasteiger partial charge in [0.25, 0.3) is 0 Å². The predicted molar refractivity (Wildman–Crippen MR) is 64.1 cm³/mol. The SMILES string of the molecule is COCC(Br)CCc1ccccc1C. The summed E-state index contributed by atoms with van der Waals surface area (Å²) in [4.78, 5) is 0.465. The molecule has 0 bridgehead atoms. The average molecular weight is 257 g/mol. The summed E-state index contributed by atoms with van der Waals surface area (Å²) in [6.45, 7) is 2.95. The van der Waals surface area contributed by atoms with Crippen LogP contribution >= 0.6 is 15.9 Å². The lowest BCUT2D eigenvalue weighted by Crippen LogP contribution is -2.08. The number of alkyl halides is 1. The summed E-state index contributed by atoms with van der Waals surface area (Å²) >= 11 is 3.60. The summed E-state index contributed by atoms with van der Waals surface area (Å²) in [6, 6.07) is 8.54. The van der Waals surface area contributed by atoms with Crippen molar-refractivity contribution in [3.63, 3.8) is 0 Å². The molecule has 1 unspecified atom stereocenters. The number of hydrogen-bond acceptors (Lipinski definition) is 1. The normalized spacial score (nSPS) is 12.8. The van der Waals surface area contributed by atoms with Crippen LogP contribution in [-0.2, 0) is 11.2 Å². The van der Waals surface area contributed by atoms with Gasteiger partial charge in [-0.2, -0.15) is 0 Å². The Morgan fingerprint density at radius 1 is 1.36 bits per heavy atom. The van der Waals surface area contributed by atoms with E-state index in [1.807, 2.05) is 0 Å². The Morgan fingerprint density at radius 2 is 2.07 bits per heavy atom. The Labute approximate surface area is 94.6 Å². The van der Waals surface area contributed by atoms with Crippen LogP contribution in [0.5, 0.6) is 0 Å². The molecule has 0 saturated carbocycles. The molecule has 1 nitrogen and oxygen atoms in total. The van der Waals surface area contributed by atoms with E-state index in [9.17, 15) is 0 Å². The maximum atomic E-state index is 5.08. The minimum Gasteiger partial charge on any atom is -0.384 e. The van der Waals surface area contributed by atoms with Crippen molar-refractivity contribution < 1.29 is 4.74 Å². The first-order chi connectivity index (χ1) is 6.74. The Balaban J connectivity index is 2.41. The van der Waals surface area contributed by atoms with Gasteiger partial charge < -0.3 is 4.74 Å². The number of aryl methyl sites for hydroxylation is 2. The summed E-state index contributed by atoms with van der Waals surface area (Å²) in [7, 11) is 1.74. The van der Waals surface area contributed by atoms with E-state index >= 15 is 0 Å². The van der Waals surface area contributed by atoms with Gasteiger partial charge in [-0.15, -0.1) is 0 Å². The number of benzene rings is 1. The lowest BCUT2D eigenvalue weighted by Gasteiger charge is -2.09. The van der Waals surface area contributed by atoms with E-state index in [1.54, 1.807) is 7.11 Å². The van der Waals surface area contributed by atoms with Crippen LogP contribution in [0, 0.1) is 6.92 Å². The van der Waals surface area contributed by atoms with Crippen molar-refractivity contribution in [1.29, 1.82) is 0 Å². The van der Waals surface area contributed by atoms with Gasteiger partial charge in [-0.05, 0) is 30.9 Å². The second-order valence-corrected chi connectivity index (χ2v) is 4.81. The zero-order valence-electron chi connectivity index (χ0n) is 8.79. The van der Waals surface area contributed by atoms with E-state index in [0.29, 0.717) is 4.83 Å². The zero-order valence-corrected chi connectivity index (χ0v) is 10.4. The van der Waals surface area contributed by atoms with Crippen LogP contribution in [0.4, 0.5) is 0 Å². The molecule has 0 aromatic heterocycles. The van der Waals surface area contributed by atoms with Gasteiger partial charge in [0, 0.05) is 11.9 Å². The topological polar surface area (TPSA) is 9.23 Å². The van der Waals surface area contributed by atoms with E-state index in [0.717, 1.165) is 19.4 Å². The maximum absolute atomic E-state index is 5.08. The van der Waals surface area contributed by atoms with Gasteiger partial charge in [0.15, 0.2) is 0 Å². The summed E-state index contributed by atoms with van der Waals surface area (Å²) in [5.41, 5.74) is 2.82. The maximum Gasteiger partial charge on any atom is 0.0587 e. The van der Waals surface area contributed by atoms with Crippen LogP contribution in [0.25, 0.3) is 0 Å². The second kappa shape index (κ2) is 6.20. The molecule has 0 fully saturated rings. The fourth-order valence-electron chi connectivity index (χ4n) is 1.47. The predicted octanol–water partition coefficient (Wildman–Crippen LogP) is 3.34. The first-order valence-corrected chi connectivity index (χ1v) is 5.83. The van der Waals surface area contributed by atoms with Gasteiger partial charge in [0.2, 0.25) is 0 Å². The summed E-state index contributed by atoms with van der Waals surface area (Å²) in [5, 5.41) is 0. The van der Waals surface area contributed by atoms with Gasteiger partial charge in [-0.25, -0.2) is 0 Å². The van der Waals surface area contributed by atoms with Gasteiger partial charge in [-0.3, -0.25) is 0 Å². The fourth-order valence-corrected chi connectivity index (χ4v) is 1.96. The van der Waals surface area contributed by atoms with Crippen LogP contribution in [-0.4, -0.2) is 18.5 Å². The molecule has 0 aliphatic carbocycles. The van der Waals surface area contributed by atoms with Gasteiger partial charge in [-0.1, -0.05) is 40.2 Å². The second-order valence-electron chi connectivity index (χ2n) is 3.52. The molecule has 0 aliphatic heterocycles. The molecule has 0 radical (unpaired) electrons. The number of ether oxygens (including phenoxy) is 1. The first kappa shape index (κ1) is 11.7. The summed E-state index contributed by atoms with van der Waals surface area (Å²) in [6.07, 6.45) is 2.24. The van der Waals surface area contributed by atoms with E-state index in [2.05, 4.69) is 47.1 Å². The Hall–Kier alpha value is -0.340. The Kier molecular flexibility index (Phi) is 5.20. The van der Waals surface area contributed by atoms with Crippen LogP contribution in [0.15, 0.2) is 24.3 Å². The smallest absolute Gasteiger partial charge is 0.0587 e. The van der Waals surface area contributed by atoms with E-state index < -0.39 is 0 Å². The molecule has 1 aromatic carbocycles. The Bertz CT molecular complexity index is 273. The fraction of sp³-hybridized carbons (Fsp3) is 0.500. The minimum absolute atomic E-state index is 0.465. The first-order valence-electron chi connectivity index (χ1n) is 4.91. The van der Waals surface area contributed by atoms with E-state index in [-0.39, 0.29) is 0 Å². The largest absolute Gasteiger partial charge is 0.384 e. The molecule has 14 heavy (non-hydrogen) atoms. The number of rotatable bonds is 5. The van der Waals surface area contributed by atoms with Crippen molar-refractivity contribution >= 4 is 15.9 Å². The van der Waals surface area contributed by atoms with Crippen LogP contribution in [0.3, 0.4) is 0 Å². The number of halogens is 1. The van der Waals surface area contributed by atoms with Crippen molar-refractivity contribution in [3.8, 4) is 0 Å². The Morgan fingerprint density at radius 3 is 2.71 bits per heavy atom. The highest BCUT2D eigenvalue weighted by atomic mass is 79.9. The highest BCUT2D eigenvalue weighted by molar-refractivity contribution is 9.09. The lowest BCUT2D eigenvalue weighted by molar-refractivity contribution is 0.198. The van der Waals surface area contributed by atoms with E-state index in [4.69, 9.17) is 4.74 Å². The van der Waals surface area contributed by atoms with Crippen molar-refractivity contribution in [1.82, 2.24) is 0 Å². The number of methoxy groups -OCH3 is 1. The highest BCUT2D eigenvalue weighted by Gasteiger charge is 2.04. The third-order valence-corrected chi connectivity index (χ3v) is 3.06. The molecule has 0 saturated heterocycles. The molecular weight excluding hydrogens is 240 g/mol. The molecule has 1 atom stereocenters. The molecule has 0 amide bonds. The summed E-state index contributed by atoms with van der Waals surface area (Å²) < 4.78 is 5.08. The molecule has 0 heterocycles. The van der Waals surface area contributed by atoms with Crippen molar-refractivity contribution in [2.45, 2.75) is 24.6 Å². The van der Waals surface area contributed by atoms with Gasteiger partial charge in [0.1, 0.15) is 0 Å². The molecule has 0 aliphatic rings. The standard InChI is InChI=1S/C12H17BrO/c1-10-5-3-4-6-11(10)7-8-12(13)9-14-2/h3-6,12H,7-9H2,1-2H3. The third-order valence-electron chi connectivity index (χ3n) is 2.34. The minimum atomic E-state index is 0.465. The van der Waals surface area contributed by atoms with Crippen molar-refractivity contribution in [3.05, 3.63) is 35.4 Å². The third kappa shape index (κ3) is 3.81. The average Bonchev–Trinajstić information content (AvgIpc) is 2.17. The molecule has 0 spiro atoms. The number of hydrogen-bond donors (Lipinski definition) is 0. The highest BCUT2D eigenvalue weighted by Crippen LogP contribution is 2.14. The quantitative estimate of drug-likeness (QED) is 0.735. The van der Waals surface area contributed by atoms with Crippen LogP contribution < -0.4 is 0 Å². The molecule has 0 N–H and O–H groups in total. The van der Waals surface area contributed by atoms with Crippen molar-refractivity contribution in [2.75, 3.05) is 13.7 Å². The molecule has 1 aromatic rings. The van der Waals surface area contributed by atoms with E-state index in [1.165, 1.54) is 11.1 Å². The summed E-state index contributed by atoms with van der Waals surface area (Å²) in [5.74, 6) is 0. The molecular formula is C12H17BrO.